The fraction of sp³-hybridized carbons (Fsp3) is 0.500. The van der Waals surface area contributed by atoms with E-state index in [1.165, 1.54) is 7.11 Å². The van der Waals surface area contributed by atoms with Crippen LogP contribution in [-0.4, -0.2) is 49.9 Å². The fourth-order valence-corrected chi connectivity index (χ4v) is 3.47. The Bertz CT molecular complexity index is 697. The molecule has 3 rings (SSSR count). The molecule has 0 radical (unpaired) electrons. The quantitative estimate of drug-likeness (QED) is 0.873. The highest BCUT2D eigenvalue weighted by Crippen LogP contribution is 2.44. The average Bonchev–Trinajstić information content (AvgIpc) is 2.59. The number of hydroxylamine groups is 2. The van der Waals surface area contributed by atoms with Gasteiger partial charge in [-0.15, -0.1) is 5.06 Å². The second-order valence-corrected chi connectivity index (χ2v) is 6.15. The molecule has 0 aliphatic carbocycles. The Morgan fingerprint density at radius 3 is 2.56 bits per heavy atom. The van der Waals surface area contributed by atoms with Crippen molar-refractivity contribution in [3.63, 3.8) is 0 Å². The van der Waals surface area contributed by atoms with Crippen molar-refractivity contribution in [2.24, 2.45) is 0 Å². The Morgan fingerprint density at radius 1 is 1.28 bits per heavy atom. The zero-order chi connectivity index (χ0) is 18.2. The summed E-state index contributed by atoms with van der Waals surface area (Å²) in [5, 5.41) is 3.85. The van der Waals surface area contributed by atoms with E-state index in [1.807, 2.05) is 0 Å². The number of nitrogens with zero attached hydrogens (tertiary/aromatic N) is 1. The maximum atomic E-state index is 12.3. The van der Waals surface area contributed by atoms with Crippen LogP contribution in [0.1, 0.15) is 28.8 Å². The SMILES string of the molecule is COc1cccc2c1C1(CCN(OC(=O)C(F)(F)F)CC1)CNC2=O. The predicted molar refractivity (Wildman–Crippen MR) is 80.0 cm³/mol. The predicted octanol–water partition coefficient (Wildman–Crippen LogP) is 1.79. The molecule has 0 unspecified atom stereocenters. The summed E-state index contributed by atoms with van der Waals surface area (Å²) < 4.78 is 42.4. The van der Waals surface area contributed by atoms with Crippen LogP contribution < -0.4 is 10.1 Å². The summed E-state index contributed by atoms with van der Waals surface area (Å²) in [5.74, 6) is -1.85. The molecule has 1 N–H and O–H groups in total. The third-order valence-electron chi connectivity index (χ3n) is 4.73. The normalized spacial score (nSPS) is 19.9. The number of nitrogens with one attached hydrogen (secondary N) is 1. The van der Waals surface area contributed by atoms with E-state index in [0.29, 0.717) is 30.7 Å². The summed E-state index contributed by atoms with van der Waals surface area (Å²) in [6.45, 7) is 0.630. The van der Waals surface area contributed by atoms with Crippen molar-refractivity contribution < 1.29 is 32.3 Å². The monoisotopic (exact) mass is 358 g/mol. The number of carbonyl (C=O) groups is 2. The summed E-state index contributed by atoms with van der Waals surface area (Å²) in [4.78, 5) is 27.5. The van der Waals surface area contributed by atoms with Crippen LogP contribution in [0.15, 0.2) is 18.2 Å². The number of ether oxygens (including phenoxy) is 1. The molecule has 25 heavy (non-hydrogen) atoms. The summed E-state index contributed by atoms with van der Waals surface area (Å²) in [5.41, 5.74) is 0.811. The minimum atomic E-state index is -5.02. The van der Waals surface area contributed by atoms with Crippen molar-refractivity contribution >= 4 is 11.9 Å². The lowest BCUT2D eigenvalue weighted by Crippen LogP contribution is -2.53. The van der Waals surface area contributed by atoms with Gasteiger partial charge in [0.1, 0.15) is 5.75 Å². The number of halogens is 3. The number of rotatable bonds is 2. The zero-order valence-electron chi connectivity index (χ0n) is 13.5. The number of benzene rings is 1. The summed E-state index contributed by atoms with van der Waals surface area (Å²) in [7, 11) is 1.51. The lowest BCUT2D eigenvalue weighted by Gasteiger charge is -2.44. The Balaban J connectivity index is 1.81. The van der Waals surface area contributed by atoms with Gasteiger partial charge in [-0.25, -0.2) is 4.79 Å². The van der Waals surface area contributed by atoms with Gasteiger partial charge in [0.05, 0.1) is 7.11 Å². The molecule has 1 saturated heterocycles. The van der Waals surface area contributed by atoms with Crippen LogP contribution in [0.5, 0.6) is 5.75 Å². The van der Waals surface area contributed by atoms with Crippen LogP contribution in [0.25, 0.3) is 0 Å². The minimum Gasteiger partial charge on any atom is -0.496 e. The molecule has 136 valence electrons. The summed E-state index contributed by atoms with van der Waals surface area (Å²) in [6.07, 6.45) is -4.18. The Kier molecular flexibility index (Phi) is 4.36. The van der Waals surface area contributed by atoms with Crippen molar-refractivity contribution in [1.29, 1.82) is 0 Å². The van der Waals surface area contributed by atoms with Crippen LogP contribution in [0.2, 0.25) is 0 Å². The molecule has 1 amide bonds. The molecule has 0 saturated carbocycles. The van der Waals surface area contributed by atoms with Gasteiger partial charge in [-0.2, -0.15) is 13.2 Å². The molecule has 0 atom stereocenters. The number of carbonyl (C=O) groups excluding carboxylic acids is 2. The van der Waals surface area contributed by atoms with Crippen LogP contribution in [0, 0.1) is 0 Å². The summed E-state index contributed by atoms with van der Waals surface area (Å²) in [6, 6.07) is 5.18. The average molecular weight is 358 g/mol. The highest BCUT2D eigenvalue weighted by Gasteiger charge is 2.47. The van der Waals surface area contributed by atoms with E-state index in [-0.39, 0.29) is 19.0 Å². The second kappa shape index (κ2) is 6.21. The van der Waals surface area contributed by atoms with Crippen LogP contribution >= 0.6 is 0 Å². The fourth-order valence-electron chi connectivity index (χ4n) is 3.47. The molecule has 0 aromatic heterocycles. The number of hydrogen-bond donors (Lipinski definition) is 1. The van der Waals surface area contributed by atoms with E-state index in [0.717, 1.165) is 10.6 Å². The molecule has 2 heterocycles. The first-order chi connectivity index (χ1) is 11.8. The molecule has 0 bridgehead atoms. The topological polar surface area (TPSA) is 67.9 Å². The van der Waals surface area contributed by atoms with Gasteiger partial charge in [0.25, 0.3) is 5.91 Å². The molecular weight excluding hydrogens is 341 g/mol. The van der Waals surface area contributed by atoms with Gasteiger partial charge in [0.15, 0.2) is 0 Å². The van der Waals surface area contributed by atoms with Crippen molar-refractivity contribution in [3.8, 4) is 5.75 Å². The van der Waals surface area contributed by atoms with E-state index in [9.17, 15) is 22.8 Å². The number of fused-ring (bicyclic) bond motifs is 2. The second-order valence-electron chi connectivity index (χ2n) is 6.15. The van der Waals surface area contributed by atoms with Crippen LogP contribution in [0.4, 0.5) is 13.2 Å². The van der Waals surface area contributed by atoms with Crippen molar-refractivity contribution in [2.45, 2.75) is 24.4 Å². The van der Waals surface area contributed by atoms with Gasteiger partial charge < -0.3 is 14.9 Å². The molecule has 1 aromatic carbocycles. The van der Waals surface area contributed by atoms with E-state index < -0.39 is 17.6 Å². The molecule has 9 heteroatoms. The maximum Gasteiger partial charge on any atom is 0.492 e. The van der Waals surface area contributed by atoms with Crippen LogP contribution in [-0.2, 0) is 15.0 Å². The Morgan fingerprint density at radius 2 is 1.96 bits per heavy atom. The highest BCUT2D eigenvalue weighted by atomic mass is 19.4. The molecule has 1 spiro atoms. The minimum absolute atomic E-state index is 0.134. The van der Waals surface area contributed by atoms with Gasteiger partial charge in [0, 0.05) is 36.2 Å². The van der Waals surface area contributed by atoms with E-state index in [4.69, 9.17) is 4.74 Å². The first-order valence-corrected chi connectivity index (χ1v) is 7.76. The summed E-state index contributed by atoms with van der Waals surface area (Å²) >= 11 is 0. The van der Waals surface area contributed by atoms with Crippen molar-refractivity contribution in [2.75, 3.05) is 26.7 Å². The van der Waals surface area contributed by atoms with Gasteiger partial charge in [-0.05, 0) is 25.0 Å². The van der Waals surface area contributed by atoms with E-state index in [2.05, 4.69) is 10.2 Å². The zero-order valence-corrected chi connectivity index (χ0v) is 13.5. The number of hydrogen-bond acceptors (Lipinski definition) is 5. The largest absolute Gasteiger partial charge is 0.496 e. The van der Waals surface area contributed by atoms with Gasteiger partial charge in [-0.1, -0.05) is 6.07 Å². The third-order valence-corrected chi connectivity index (χ3v) is 4.73. The standard InChI is InChI=1S/C16H17F3N2O4/c1-24-11-4-2-3-10-12(11)15(9-20-13(10)22)5-7-21(8-6-15)25-14(23)16(17,18)19/h2-4H,5-9H2,1H3,(H,20,22). The lowest BCUT2D eigenvalue weighted by molar-refractivity contribution is -0.242. The van der Waals surface area contributed by atoms with E-state index >= 15 is 0 Å². The number of methoxy groups -OCH3 is 1. The van der Waals surface area contributed by atoms with E-state index in [1.54, 1.807) is 18.2 Å². The van der Waals surface area contributed by atoms with Gasteiger partial charge >= 0.3 is 12.1 Å². The number of amides is 1. The maximum absolute atomic E-state index is 12.3. The first kappa shape index (κ1) is 17.5. The molecule has 2 aliphatic heterocycles. The Hall–Kier alpha value is -2.29. The smallest absolute Gasteiger partial charge is 0.492 e. The molecule has 6 nitrogen and oxygen atoms in total. The molecule has 1 aromatic rings. The lowest BCUT2D eigenvalue weighted by atomic mass is 9.69. The highest BCUT2D eigenvalue weighted by molar-refractivity contribution is 5.98. The third kappa shape index (κ3) is 3.15. The number of alkyl halides is 3. The van der Waals surface area contributed by atoms with Gasteiger partial charge in [0.2, 0.25) is 0 Å². The van der Waals surface area contributed by atoms with Crippen LogP contribution in [0.3, 0.4) is 0 Å². The Labute approximate surface area is 141 Å². The van der Waals surface area contributed by atoms with Gasteiger partial charge in [-0.3, -0.25) is 4.79 Å². The number of piperidine rings is 1. The first-order valence-electron chi connectivity index (χ1n) is 7.76. The molecule has 2 aliphatic rings. The van der Waals surface area contributed by atoms with Crippen molar-refractivity contribution in [1.82, 2.24) is 10.4 Å². The van der Waals surface area contributed by atoms with Crippen molar-refractivity contribution in [3.05, 3.63) is 29.3 Å². The molecule has 1 fully saturated rings. The molecular formula is C16H17F3N2O4.